The lowest BCUT2D eigenvalue weighted by molar-refractivity contribution is -0.155. The van der Waals surface area contributed by atoms with Gasteiger partial charge in [0, 0.05) is 23.0 Å². The Hall–Kier alpha value is -3.19. The molecule has 0 radical (unpaired) electrons. The summed E-state index contributed by atoms with van der Waals surface area (Å²) in [5.41, 5.74) is 2.17. The quantitative estimate of drug-likeness (QED) is 0.627. The van der Waals surface area contributed by atoms with Crippen LogP contribution in [-0.4, -0.2) is 45.6 Å². The lowest BCUT2D eigenvalue weighted by atomic mass is 9.77. The maximum Gasteiger partial charge on any atom is 0.326 e. The number of halogens is 1. The first-order chi connectivity index (χ1) is 14.4. The summed E-state index contributed by atoms with van der Waals surface area (Å²) in [6, 6.07) is 12.1. The molecule has 1 amide bonds. The number of carboxylic acid groups (broad SMARTS) is 1. The van der Waals surface area contributed by atoms with Crippen LogP contribution in [0.2, 0.25) is 0 Å². The summed E-state index contributed by atoms with van der Waals surface area (Å²) in [5.74, 6) is -0.675. The number of carbonyl (C=O) groups excluding carboxylic acids is 1. The zero-order valence-electron chi connectivity index (χ0n) is 16.1. The number of aromatic nitrogens is 1. The number of amides is 1. The summed E-state index contributed by atoms with van der Waals surface area (Å²) in [4.78, 5) is 30.1. The third-order valence-electron chi connectivity index (χ3n) is 6.09. The second-order valence-corrected chi connectivity index (χ2v) is 7.89. The molecule has 3 aromatic rings. The lowest BCUT2D eigenvalue weighted by Gasteiger charge is -2.48. The number of aromatic amines is 1. The lowest BCUT2D eigenvalue weighted by Crippen LogP contribution is -2.60. The first kappa shape index (κ1) is 18.8. The van der Waals surface area contributed by atoms with E-state index in [-0.39, 0.29) is 19.1 Å². The van der Waals surface area contributed by atoms with Crippen molar-refractivity contribution in [3.63, 3.8) is 0 Å². The van der Waals surface area contributed by atoms with Crippen LogP contribution in [-0.2, 0) is 21.5 Å². The molecule has 2 aliphatic heterocycles. The molecule has 8 heteroatoms. The smallest absolute Gasteiger partial charge is 0.326 e. The van der Waals surface area contributed by atoms with Gasteiger partial charge in [0.05, 0.1) is 0 Å². The van der Waals surface area contributed by atoms with Crippen LogP contribution in [0.3, 0.4) is 0 Å². The van der Waals surface area contributed by atoms with E-state index < -0.39 is 23.5 Å². The Labute approximate surface area is 177 Å². The molecule has 2 atom stereocenters. The summed E-state index contributed by atoms with van der Waals surface area (Å²) in [6.45, 7) is 1.97. The molecule has 5 rings (SSSR count). The van der Waals surface area contributed by atoms with Crippen molar-refractivity contribution in [3.05, 3.63) is 59.3 Å². The number of rotatable bonds is 3. The minimum absolute atomic E-state index is 0.120. The number of alkyl halides is 1. The van der Waals surface area contributed by atoms with Gasteiger partial charge in [-0.05, 0) is 36.2 Å². The molecule has 2 N–H and O–H groups in total. The molecule has 30 heavy (non-hydrogen) atoms. The van der Waals surface area contributed by atoms with Crippen molar-refractivity contribution in [2.24, 2.45) is 0 Å². The van der Waals surface area contributed by atoms with Crippen molar-refractivity contribution in [2.45, 2.75) is 24.9 Å². The molecular formula is C22H19ClN2O5. The van der Waals surface area contributed by atoms with E-state index in [2.05, 4.69) is 4.98 Å². The number of carbonyl (C=O) groups is 2. The van der Waals surface area contributed by atoms with Gasteiger partial charge in [-0.15, -0.1) is 11.6 Å². The molecule has 3 heterocycles. The van der Waals surface area contributed by atoms with Crippen molar-refractivity contribution in [3.8, 4) is 11.5 Å². The minimum Gasteiger partial charge on any atom is -0.480 e. The second-order valence-electron chi connectivity index (χ2n) is 7.62. The highest BCUT2D eigenvalue weighted by Gasteiger charge is 2.51. The Morgan fingerprint density at radius 3 is 2.77 bits per heavy atom. The Morgan fingerprint density at radius 2 is 2.00 bits per heavy atom. The molecule has 0 saturated carbocycles. The highest BCUT2D eigenvalue weighted by atomic mass is 35.5. The molecule has 2 aliphatic rings. The predicted octanol–water partition coefficient (Wildman–Crippen LogP) is 3.24. The normalized spacial score (nSPS) is 22.2. The number of fused-ring (bicyclic) bond motifs is 4. The third kappa shape index (κ3) is 2.51. The van der Waals surface area contributed by atoms with Crippen molar-refractivity contribution >= 4 is 34.4 Å². The van der Waals surface area contributed by atoms with Crippen molar-refractivity contribution in [1.29, 1.82) is 0 Å². The van der Waals surface area contributed by atoms with Gasteiger partial charge in [0.25, 0.3) is 0 Å². The molecule has 0 saturated heterocycles. The Kier molecular flexibility index (Phi) is 4.18. The predicted molar refractivity (Wildman–Crippen MR) is 110 cm³/mol. The first-order valence-electron chi connectivity index (χ1n) is 9.56. The van der Waals surface area contributed by atoms with Crippen LogP contribution in [0.15, 0.2) is 42.5 Å². The fourth-order valence-electron chi connectivity index (χ4n) is 4.71. The Bertz CT molecular complexity index is 1190. The summed E-state index contributed by atoms with van der Waals surface area (Å²) in [7, 11) is 0. The molecular weight excluding hydrogens is 408 g/mol. The number of hydrogen-bond acceptors (Lipinski definition) is 4. The second kappa shape index (κ2) is 6.67. The highest BCUT2D eigenvalue weighted by Crippen LogP contribution is 2.47. The number of aliphatic carboxylic acids is 1. The average molecular weight is 427 g/mol. The molecule has 2 aromatic carbocycles. The summed E-state index contributed by atoms with van der Waals surface area (Å²) in [5, 5.41) is 11.0. The molecule has 0 spiro atoms. The molecule has 1 aromatic heterocycles. The van der Waals surface area contributed by atoms with E-state index in [1.54, 1.807) is 12.1 Å². The van der Waals surface area contributed by atoms with Gasteiger partial charge in [-0.2, -0.15) is 0 Å². The maximum atomic E-state index is 13.0. The standard InChI is InChI=1S/C22H19ClN2O5/c1-22(12-6-7-17-18(8-12)30-11-29-17)20-14(13-4-2-3-5-15(13)24-20)9-16(21(27)28)25(22)19(26)10-23/h2-8,16,24H,9-11H2,1H3,(H,27,28)/t16-,22-/m1/s1. The Morgan fingerprint density at radius 1 is 1.23 bits per heavy atom. The third-order valence-corrected chi connectivity index (χ3v) is 6.32. The van der Waals surface area contributed by atoms with Gasteiger partial charge < -0.3 is 24.5 Å². The minimum atomic E-state index is -1.09. The van der Waals surface area contributed by atoms with Gasteiger partial charge in [0.2, 0.25) is 12.7 Å². The van der Waals surface area contributed by atoms with Gasteiger partial charge in [-0.3, -0.25) is 4.79 Å². The Balaban J connectivity index is 1.82. The van der Waals surface area contributed by atoms with Crippen molar-refractivity contribution < 1.29 is 24.2 Å². The number of hydrogen-bond donors (Lipinski definition) is 2. The number of ether oxygens (including phenoxy) is 2. The van der Waals surface area contributed by atoms with Crippen molar-refractivity contribution in [2.75, 3.05) is 12.7 Å². The van der Waals surface area contributed by atoms with Gasteiger partial charge >= 0.3 is 5.97 Å². The van der Waals surface area contributed by atoms with Crippen LogP contribution in [0.1, 0.15) is 23.7 Å². The number of carboxylic acids is 1. The maximum absolute atomic E-state index is 13.0. The van der Waals surface area contributed by atoms with E-state index in [0.29, 0.717) is 17.1 Å². The van der Waals surface area contributed by atoms with Gasteiger partial charge in [-0.1, -0.05) is 24.3 Å². The fraction of sp³-hybridized carbons (Fsp3) is 0.273. The largest absolute Gasteiger partial charge is 0.480 e. The first-order valence-corrected chi connectivity index (χ1v) is 10.1. The van der Waals surface area contributed by atoms with E-state index in [1.165, 1.54) is 4.90 Å². The molecule has 0 fully saturated rings. The average Bonchev–Trinajstić information content (AvgIpc) is 3.37. The van der Waals surface area contributed by atoms with Gasteiger partial charge in [0.1, 0.15) is 17.5 Å². The van der Waals surface area contributed by atoms with Crippen LogP contribution in [0.25, 0.3) is 10.9 Å². The molecule has 0 bridgehead atoms. The van der Waals surface area contributed by atoms with Gasteiger partial charge in [-0.25, -0.2) is 4.79 Å². The van der Waals surface area contributed by atoms with Crippen LogP contribution in [0, 0.1) is 0 Å². The van der Waals surface area contributed by atoms with E-state index in [0.717, 1.165) is 22.2 Å². The number of nitrogens with one attached hydrogen (secondary N) is 1. The van der Waals surface area contributed by atoms with Crippen LogP contribution >= 0.6 is 11.6 Å². The molecule has 0 unspecified atom stereocenters. The van der Waals surface area contributed by atoms with E-state index in [4.69, 9.17) is 21.1 Å². The van der Waals surface area contributed by atoms with Gasteiger partial charge in [0.15, 0.2) is 11.5 Å². The van der Waals surface area contributed by atoms with E-state index in [1.807, 2.05) is 37.3 Å². The number of nitrogens with zero attached hydrogens (tertiary/aromatic N) is 1. The van der Waals surface area contributed by atoms with Crippen LogP contribution in [0.5, 0.6) is 11.5 Å². The van der Waals surface area contributed by atoms with E-state index >= 15 is 0 Å². The van der Waals surface area contributed by atoms with Crippen LogP contribution in [0.4, 0.5) is 0 Å². The zero-order chi connectivity index (χ0) is 21.0. The number of H-pyrrole nitrogens is 1. The van der Waals surface area contributed by atoms with E-state index in [9.17, 15) is 14.7 Å². The SMILES string of the molecule is C[C@@]1(c2ccc3c(c2)OCO3)c2[nH]c3ccccc3c2C[C@H](C(=O)O)N1C(=O)CCl. The monoisotopic (exact) mass is 426 g/mol. The zero-order valence-corrected chi connectivity index (χ0v) is 16.9. The van der Waals surface area contributed by atoms with Crippen LogP contribution < -0.4 is 9.47 Å². The molecule has 7 nitrogen and oxygen atoms in total. The topological polar surface area (TPSA) is 91.9 Å². The summed E-state index contributed by atoms with van der Waals surface area (Å²) in [6.07, 6.45) is 0.192. The highest BCUT2D eigenvalue weighted by molar-refractivity contribution is 6.27. The summed E-state index contributed by atoms with van der Waals surface area (Å²) < 4.78 is 11.0. The fourth-order valence-corrected chi connectivity index (χ4v) is 4.84. The summed E-state index contributed by atoms with van der Waals surface area (Å²) >= 11 is 5.93. The molecule has 154 valence electrons. The van der Waals surface area contributed by atoms with Crippen molar-refractivity contribution in [1.82, 2.24) is 9.88 Å². The number of para-hydroxylation sites is 1. The number of benzene rings is 2. The molecule has 0 aliphatic carbocycles.